The highest BCUT2D eigenvalue weighted by Crippen LogP contribution is 2.43. The summed E-state index contributed by atoms with van der Waals surface area (Å²) in [5, 5.41) is 4.88. The van der Waals surface area contributed by atoms with Crippen LogP contribution in [0.1, 0.15) is 79.7 Å². The Balaban J connectivity index is 1.75. The van der Waals surface area contributed by atoms with E-state index in [1.54, 1.807) is 26.6 Å². The molecule has 36 heavy (non-hydrogen) atoms. The molecule has 2 aliphatic rings. The van der Waals surface area contributed by atoms with Gasteiger partial charge in [-0.05, 0) is 72.1 Å². The summed E-state index contributed by atoms with van der Waals surface area (Å²) in [6.45, 7) is 16.3. The molecule has 3 heterocycles. The molecule has 0 aromatic carbocycles. The molecule has 10 heteroatoms. The zero-order valence-corrected chi connectivity index (χ0v) is 23.3. The summed E-state index contributed by atoms with van der Waals surface area (Å²) in [6.07, 6.45) is 2.79. The number of rotatable bonds is 3. The lowest BCUT2D eigenvalue weighted by molar-refractivity contribution is 0.0119. The number of hydrogen-bond donors (Lipinski definition) is 0. The van der Waals surface area contributed by atoms with Crippen LogP contribution in [0.2, 0.25) is 5.15 Å². The first-order valence-electron chi connectivity index (χ1n) is 12.7. The smallest absolute Gasteiger partial charge is 0.416 e. The van der Waals surface area contributed by atoms with Crippen LogP contribution in [0.15, 0.2) is 12.3 Å². The van der Waals surface area contributed by atoms with Gasteiger partial charge in [-0.1, -0.05) is 25.4 Å². The van der Waals surface area contributed by atoms with Gasteiger partial charge < -0.3 is 14.4 Å². The third-order valence-corrected chi connectivity index (χ3v) is 6.84. The third kappa shape index (κ3) is 5.41. The zero-order valence-electron chi connectivity index (χ0n) is 22.5. The van der Waals surface area contributed by atoms with E-state index in [2.05, 4.69) is 23.9 Å². The van der Waals surface area contributed by atoms with E-state index >= 15 is 0 Å². The second kappa shape index (κ2) is 9.39. The lowest BCUT2D eigenvalue weighted by Crippen LogP contribution is -2.57. The van der Waals surface area contributed by atoms with Crippen LogP contribution >= 0.6 is 11.6 Å². The molecule has 2 bridgehead atoms. The van der Waals surface area contributed by atoms with Gasteiger partial charge in [-0.2, -0.15) is 9.61 Å². The van der Waals surface area contributed by atoms with Crippen molar-refractivity contribution in [3.63, 3.8) is 0 Å². The molecule has 0 N–H and O–H groups in total. The highest BCUT2D eigenvalue weighted by Gasteiger charge is 2.50. The Labute approximate surface area is 218 Å². The topological polar surface area (TPSA) is 89.3 Å². The Morgan fingerprint density at radius 2 is 1.64 bits per heavy atom. The van der Waals surface area contributed by atoms with Crippen LogP contribution in [-0.4, -0.2) is 62.0 Å². The van der Waals surface area contributed by atoms with Gasteiger partial charge >= 0.3 is 12.2 Å². The zero-order chi connectivity index (χ0) is 26.6. The number of piperidine rings is 1. The minimum absolute atomic E-state index is 0.0610. The highest BCUT2D eigenvalue weighted by atomic mass is 35.5. The van der Waals surface area contributed by atoms with Crippen LogP contribution < -0.4 is 4.90 Å². The predicted molar refractivity (Wildman–Crippen MR) is 139 cm³/mol. The van der Waals surface area contributed by atoms with Crippen LogP contribution in [0.3, 0.4) is 0 Å². The number of carbonyl (C=O) groups excluding carboxylic acids is 2. The number of amides is 2. The molecule has 1 aliphatic carbocycles. The molecule has 2 aromatic rings. The quantitative estimate of drug-likeness (QED) is 0.469. The van der Waals surface area contributed by atoms with E-state index in [9.17, 15) is 9.59 Å². The summed E-state index contributed by atoms with van der Waals surface area (Å²) in [5.74, 6) is 0.833. The normalized spacial score (nSPS) is 22.3. The average molecular weight is 520 g/mol. The standard InChI is InChI=1S/C26H38ClN5O4/c1-15(2)18-12-28-32-20(11-19(27)29-22(18)32)31(24(34)36-26(6,7)8)21-16-9-10-17(21)14-30(13-16)23(33)35-25(3,4)5/h11-12,15-17,21H,9-10,13-14H2,1-8H3. The Bertz CT molecular complexity index is 1140. The van der Waals surface area contributed by atoms with E-state index in [0.717, 1.165) is 18.4 Å². The Hall–Kier alpha value is -2.55. The van der Waals surface area contributed by atoms with Crippen molar-refractivity contribution in [3.8, 4) is 0 Å². The lowest BCUT2D eigenvalue weighted by atomic mass is 9.91. The van der Waals surface area contributed by atoms with Crippen molar-refractivity contribution in [1.82, 2.24) is 19.5 Å². The van der Waals surface area contributed by atoms with Crippen molar-refractivity contribution in [2.75, 3.05) is 18.0 Å². The molecule has 2 aromatic heterocycles. The van der Waals surface area contributed by atoms with E-state index in [4.69, 9.17) is 21.1 Å². The fraction of sp³-hybridized carbons (Fsp3) is 0.692. The average Bonchev–Trinajstić information content (AvgIpc) is 3.23. The minimum Gasteiger partial charge on any atom is -0.444 e. The van der Waals surface area contributed by atoms with E-state index in [1.807, 2.05) is 41.5 Å². The fourth-order valence-electron chi connectivity index (χ4n) is 5.28. The third-order valence-electron chi connectivity index (χ3n) is 6.64. The van der Waals surface area contributed by atoms with Gasteiger partial charge in [0.25, 0.3) is 0 Å². The second-order valence-electron chi connectivity index (χ2n) is 12.3. The SMILES string of the molecule is CC(C)c1cnn2c(N(C(=O)OC(C)(C)C)C3C4CCC3CN(C(=O)OC(C)(C)C)C4)cc(Cl)nc12. The van der Waals surface area contributed by atoms with Crippen LogP contribution in [0.4, 0.5) is 15.4 Å². The first kappa shape index (κ1) is 26.5. The summed E-state index contributed by atoms with van der Waals surface area (Å²) in [5.41, 5.74) is 0.322. The molecule has 2 amide bonds. The predicted octanol–water partition coefficient (Wildman–Crippen LogP) is 5.89. The molecular weight excluding hydrogens is 482 g/mol. The molecule has 0 spiro atoms. The van der Waals surface area contributed by atoms with Crippen molar-refractivity contribution >= 4 is 35.3 Å². The Kier molecular flexibility index (Phi) is 6.92. The summed E-state index contributed by atoms with van der Waals surface area (Å²) in [7, 11) is 0. The van der Waals surface area contributed by atoms with Crippen LogP contribution in [-0.2, 0) is 9.47 Å². The molecule has 4 rings (SSSR count). The molecule has 2 unspecified atom stereocenters. The number of hydrogen-bond acceptors (Lipinski definition) is 6. The molecule has 9 nitrogen and oxygen atoms in total. The molecule has 2 atom stereocenters. The second-order valence-corrected chi connectivity index (χ2v) is 12.6. The maximum Gasteiger partial charge on any atom is 0.416 e. The van der Waals surface area contributed by atoms with E-state index < -0.39 is 17.3 Å². The molecule has 1 saturated heterocycles. The fourth-order valence-corrected chi connectivity index (χ4v) is 5.46. The van der Waals surface area contributed by atoms with Gasteiger partial charge in [0.05, 0.1) is 12.2 Å². The van der Waals surface area contributed by atoms with Crippen molar-refractivity contribution in [2.24, 2.45) is 11.8 Å². The van der Waals surface area contributed by atoms with Crippen LogP contribution in [0.25, 0.3) is 5.65 Å². The number of carbonyl (C=O) groups is 2. The van der Waals surface area contributed by atoms with Crippen molar-refractivity contribution in [1.29, 1.82) is 0 Å². The number of ether oxygens (including phenoxy) is 2. The maximum absolute atomic E-state index is 13.8. The van der Waals surface area contributed by atoms with Gasteiger partial charge in [-0.25, -0.2) is 14.6 Å². The Morgan fingerprint density at radius 3 is 2.17 bits per heavy atom. The maximum atomic E-state index is 13.8. The molecule has 0 radical (unpaired) electrons. The van der Waals surface area contributed by atoms with E-state index in [-0.39, 0.29) is 35.0 Å². The minimum atomic E-state index is -0.686. The summed E-state index contributed by atoms with van der Waals surface area (Å²) < 4.78 is 13.2. The molecule has 198 valence electrons. The Morgan fingerprint density at radius 1 is 1.06 bits per heavy atom. The summed E-state index contributed by atoms with van der Waals surface area (Å²) in [4.78, 5) is 34.6. The molecule has 2 fully saturated rings. The van der Waals surface area contributed by atoms with Gasteiger partial charge in [-0.15, -0.1) is 0 Å². The van der Waals surface area contributed by atoms with E-state index in [0.29, 0.717) is 24.6 Å². The number of nitrogens with zero attached hydrogens (tertiary/aromatic N) is 5. The molecule has 1 aliphatic heterocycles. The van der Waals surface area contributed by atoms with Crippen molar-refractivity contribution in [3.05, 3.63) is 23.0 Å². The molecular formula is C26H38ClN5O4. The molecule has 1 saturated carbocycles. The summed E-state index contributed by atoms with van der Waals surface area (Å²) >= 11 is 6.49. The van der Waals surface area contributed by atoms with Gasteiger partial charge in [0.1, 0.15) is 22.2 Å². The van der Waals surface area contributed by atoms with Crippen LogP contribution in [0.5, 0.6) is 0 Å². The number of anilines is 1. The largest absolute Gasteiger partial charge is 0.444 e. The number of halogens is 1. The van der Waals surface area contributed by atoms with Gasteiger partial charge in [-0.3, -0.25) is 4.90 Å². The number of aromatic nitrogens is 3. The first-order chi connectivity index (χ1) is 16.6. The van der Waals surface area contributed by atoms with Gasteiger partial charge in [0, 0.05) is 24.7 Å². The lowest BCUT2D eigenvalue weighted by Gasteiger charge is -2.43. The van der Waals surface area contributed by atoms with Crippen molar-refractivity contribution in [2.45, 2.75) is 91.4 Å². The van der Waals surface area contributed by atoms with Crippen molar-refractivity contribution < 1.29 is 19.1 Å². The monoisotopic (exact) mass is 519 g/mol. The first-order valence-corrected chi connectivity index (χ1v) is 13.1. The van der Waals surface area contributed by atoms with Crippen LogP contribution in [0, 0.1) is 11.8 Å². The highest BCUT2D eigenvalue weighted by molar-refractivity contribution is 6.29. The number of fused-ring (bicyclic) bond motifs is 3. The summed E-state index contributed by atoms with van der Waals surface area (Å²) in [6, 6.07) is 1.50. The van der Waals surface area contributed by atoms with Gasteiger partial charge in [0.2, 0.25) is 0 Å². The van der Waals surface area contributed by atoms with E-state index in [1.165, 1.54) is 0 Å². The van der Waals surface area contributed by atoms with Gasteiger partial charge in [0.15, 0.2) is 5.65 Å². The number of likely N-dealkylation sites (tertiary alicyclic amines) is 1.